The Morgan fingerprint density at radius 3 is 1.33 bits per heavy atom. The molecule has 9 heavy (non-hydrogen) atoms. The van der Waals surface area contributed by atoms with E-state index in [-0.39, 0.29) is 0 Å². The molecule has 0 saturated heterocycles. The predicted molar refractivity (Wildman–Crippen MR) is 35.0 cm³/mol. The Morgan fingerprint density at radius 1 is 1.00 bits per heavy atom. The van der Waals surface area contributed by atoms with Crippen LogP contribution in [0.25, 0.3) is 0 Å². The topological polar surface area (TPSA) is 18.5 Å². The molecule has 0 saturated carbocycles. The molecule has 2 nitrogen and oxygen atoms in total. The second-order valence-corrected chi connectivity index (χ2v) is 12.0. The fourth-order valence-electron chi connectivity index (χ4n) is 0.911. The monoisotopic (exact) mass is 210 g/mol. The molecular formula is C6H16O2Zr. The van der Waals surface area contributed by atoms with E-state index in [9.17, 15) is 0 Å². The summed E-state index contributed by atoms with van der Waals surface area (Å²) in [7, 11) is 3.54. The minimum atomic E-state index is -2.39. The molecule has 0 bridgehead atoms. The second-order valence-electron chi connectivity index (χ2n) is 2.03. The Hall–Kier alpha value is 0.803. The summed E-state index contributed by atoms with van der Waals surface area (Å²) in [5.74, 6) is 0. The van der Waals surface area contributed by atoms with Gasteiger partial charge in [-0.2, -0.15) is 0 Å². The van der Waals surface area contributed by atoms with Crippen molar-refractivity contribution in [2.75, 3.05) is 14.2 Å². The summed E-state index contributed by atoms with van der Waals surface area (Å²) in [6.45, 7) is 4.29. The van der Waals surface area contributed by atoms with E-state index in [1.807, 2.05) is 0 Å². The first-order chi connectivity index (χ1) is 4.24. The standard InChI is InChI=1S/2C2H5.2CH3O.Zr/c4*1-2;/h2*1H2,2H3;2*1H3;/q;;2*-1;+2. The molecule has 3 heteroatoms. The molecule has 0 rings (SSSR count). The van der Waals surface area contributed by atoms with Crippen LogP contribution in [0.15, 0.2) is 0 Å². The Bertz CT molecular complexity index is 53.9. The maximum absolute atomic E-state index is 5.37. The van der Waals surface area contributed by atoms with Gasteiger partial charge >= 0.3 is 63.1 Å². The Morgan fingerprint density at radius 2 is 1.33 bits per heavy atom. The molecule has 0 amide bonds. The van der Waals surface area contributed by atoms with E-state index in [1.54, 1.807) is 14.2 Å². The van der Waals surface area contributed by atoms with Gasteiger partial charge in [0.2, 0.25) is 0 Å². The molecule has 0 unspecified atom stereocenters. The summed E-state index contributed by atoms with van der Waals surface area (Å²) >= 11 is -2.39. The summed E-state index contributed by atoms with van der Waals surface area (Å²) in [6, 6.07) is 0. The fraction of sp³-hybridized carbons (Fsp3) is 1.00. The average Bonchev–Trinajstić information content (AvgIpc) is 1.95. The van der Waals surface area contributed by atoms with Crippen LogP contribution in [0.3, 0.4) is 0 Å². The molecule has 0 aromatic rings. The van der Waals surface area contributed by atoms with Crippen molar-refractivity contribution in [1.29, 1.82) is 0 Å². The van der Waals surface area contributed by atoms with Gasteiger partial charge in [0.25, 0.3) is 0 Å². The third kappa shape index (κ3) is 2.49. The summed E-state index contributed by atoms with van der Waals surface area (Å²) < 4.78 is 13.0. The molecule has 0 aromatic carbocycles. The molecule has 0 atom stereocenters. The van der Waals surface area contributed by atoms with Crippen molar-refractivity contribution >= 4 is 0 Å². The van der Waals surface area contributed by atoms with Crippen LogP contribution in [0, 0.1) is 0 Å². The van der Waals surface area contributed by atoms with Gasteiger partial charge in [-0.15, -0.1) is 0 Å². The number of rotatable bonds is 4. The predicted octanol–water partition coefficient (Wildman–Crippen LogP) is 2.14. The van der Waals surface area contributed by atoms with Crippen molar-refractivity contribution in [3.8, 4) is 0 Å². The quantitative estimate of drug-likeness (QED) is 0.709. The van der Waals surface area contributed by atoms with Crippen LogP contribution in [0.1, 0.15) is 13.8 Å². The van der Waals surface area contributed by atoms with Gasteiger partial charge in [-0.05, 0) is 0 Å². The molecule has 0 spiro atoms. The Labute approximate surface area is 63.2 Å². The van der Waals surface area contributed by atoms with Crippen LogP contribution in [-0.2, 0) is 26.8 Å². The molecule has 56 valence electrons. The molecule has 0 aliphatic carbocycles. The molecule has 0 aliphatic rings. The third-order valence-corrected chi connectivity index (χ3v) is 10.8. The van der Waals surface area contributed by atoms with E-state index in [2.05, 4.69) is 13.8 Å². The first-order valence-corrected chi connectivity index (χ1v) is 8.83. The summed E-state index contributed by atoms with van der Waals surface area (Å²) in [6.07, 6.45) is 0. The maximum atomic E-state index is 5.37. The summed E-state index contributed by atoms with van der Waals surface area (Å²) in [4.78, 5) is 0. The minimum absolute atomic E-state index is 1.11. The van der Waals surface area contributed by atoms with Gasteiger partial charge in [-0.3, -0.25) is 0 Å². The van der Waals surface area contributed by atoms with E-state index >= 15 is 0 Å². The van der Waals surface area contributed by atoms with Crippen LogP contribution in [0.2, 0.25) is 8.26 Å². The van der Waals surface area contributed by atoms with Gasteiger partial charge in [0.05, 0.1) is 0 Å². The number of hydrogen-bond donors (Lipinski definition) is 0. The molecule has 0 N–H and O–H groups in total. The van der Waals surface area contributed by atoms with Gasteiger partial charge in [-0.25, -0.2) is 0 Å². The SMILES string of the molecule is C[CH2][Zr]([CH2]C)([O]C)[O]C. The van der Waals surface area contributed by atoms with Crippen LogP contribution in [0.5, 0.6) is 0 Å². The van der Waals surface area contributed by atoms with E-state index in [4.69, 9.17) is 5.63 Å². The second kappa shape index (κ2) is 4.59. The first-order valence-electron chi connectivity index (χ1n) is 3.35. The Kier molecular flexibility index (Phi) is 5.00. The number of hydrogen-bond acceptors (Lipinski definition) is 2. The zero-order valence-electron chi connectivity index (χ0n) is 6.73. The van der Waals surface area contributed by atoms with Crippen molar-refractivity contribution in [3.05, 3.63) is 0 Å². The Balaban J connectivity index is 3.82. The van der Waals surface area contributed by atoms with E-state index in [1.165, 1.54) is 0 Å². The molecule has 0 radical (unpaired) electrons. The molecule has 0 heterocycles. The van der Waals surface area contributed by atoms with Crippen LogP contribution in [-0.4, -0.2) is 14.2 Å². The zero-order valence-corrected chi connectivity index (χ0v) is 9.19. The first kappa shape index (κ1) is 9.80. The van der Waals surface area contributed by atoms with Gasteiger partial charge in [0, 0.05) is 0 Å². The van der Waals surface area contributed by atoms with E-state index in [0.29, 0.717) is 0 Å². The van der Waals surface area contributed by atoms with Crippen molar-refractivity contribution in [1.82, 2.24) is 0 Å². The van der Waals surface area contributed by atoms with Crippen LogP contribution >= 0.6 is 0 Å². The van der Waals surface area contributed by atoms with Crippen molar-refractivity contribution < 1.29 is 26.8 Å². The van der Waals surface area contributed by atoms with Crippen molar-refractivity contribution in [2.24, 2.45) is 0 Å². The average molecular weight is 211 g/mol. The molecule has 0 aromatic heterocycles. The molecular weight excluding hydrogens is 195 g/mol. The molecule has 0 aliphatic heterocycles. The van der Waals surface area contributed by atoms with Crippen molar-refractivity contribution in [3.63, 3.8) is 0 Å². The van der Waals surface area contributed by atoms with Crippen LogP contribution in [0.4, 0.5) is 0 Å². The van der Waals surface area contributed by atoms with E-state index in [0.717, 1.165) is 8.26 Å². The van der Waals surface area contributed by atoms with Gasteiger partial charge in [-0.1, -0.05) is 0 Å². The van der Waals surface area contributed by atoms with Gasteiger partial charge in [0.1, 0.15) is 0 Å². The van der Waals surface area contributed by atoms with Gasteiger partial charge < -0.3 is 0 Å². The summed E-state index contributed by atoms with van der Waals surface area (Å²) in [5.41, 5.74) is 0. The van der Waals surface area contributed by atoms with E-state index < -0.39 is 21.1 Å². The zero-order chi connectivity index (χ0) is 7.33. The molecule has 0 fully saturated rings. The summed E-state index contributed by atoms with van der Waals surface area (Å²) in [5, 5.41) is 0. The normalized spacial score (nSPS) is 12.0. The van der Waals surface area contributed by atoms with Crippen LogP contribution < -0.4 is 0 Å². The fourth-order valence-corrected chi connectivity index (χ4v) is 5.39. The van der Waals surface area contributed by atoms with Gasteiger partial charge in [0.15, 0.2) is 0 Å². The third-order valence-electron chi connectivity index (χ3n) is 1.82. The van der Waals surface area contributed by atoms with Crippen molar-refractivity contribution in [2.45, 2.75) is 22.1 Å².